The largest absolute Gasteiger partial charge is 0.358 e. The second kappa shape index (κ2) is 4.09. The van der Waals surface area contributed by atoms with Crippen molar-refractivity contribution in [1.82, 2.24) is 0 Å². The number of likely N-dealkylation sites (N-methyl/N-ethyl adjacent to an activating group) is 1. The Morgan fingerprint density at radius 2 is 2.00 bits per heavy atom. The van der Waals surface area contributed by atoms with Gasteiger partial charge in [0.1, 0.15) is 0 Å². The maximum atomic E-state index is 11.8. The van der Waals surface area contributed by atoms with Gasteiger partial charge in [-0.15, -0.1) is 0 Å². The van der Waals surface area contributed by atoms with E-state index in [2.05, 4.69) is 40.7 Å². The van der Waals surface area contributed by atoms with E-state index in [9.17, 15) is 4.79 Å². The molecule has 16 heavy (non-hydrogen) atoms. The minimum atomic E-state index is 0.142. The van der Waals surface area contributed by atoms with E-state index in [1.165, 1.54) is 0 Å². The summed E-state index contributed by atoms with van der Waals surface area (Å²) in [5.74, 6) is 0.142. The van der Waals surface area contributed by atoms with Crippen molar-refractivity contribution in [3.8, 4) is 0 Å². The van der Waals surface area contributed by atoms with E-state index in [0.29, 0.717) is 12.6 Å². The molecule has 1 amide bonds. The number of nitrogens with zero attached hydrogens (tertiary/aromatic N) is 2. The van der Waals surface area contributed by atoms with E-state index in [1.54, 1.807) is 4.90 Å². The van der Waals surface area contributed by atoms with Gasteiger partial charge in [0.15, 0.2) is 0 Å². The number of anilines is 2. The number of hydrogen-bond acceptors (Lipinski definition) is 2. The highest BCUT2D eigenvalue weighted by Crippen LogP contribution is 2.35. The van der Waals surface area contributed by atoms with Crippen LogP contribution in [-0.4, -0.2) is 25.5 Å². The predicted octanol–water partition coefficient (Wildman–Crippen LogP) is 2.64. The van der Waals surface area contributed by atoms with E-state index >= 15 is 0 Å². The van der Waals surface area contributed by atoms with Crippen LogP contribution >= 0.6 is 15.9 Å². The van der Waals surface area contributed by atoms with Crippen molar-refractivity contribution in [2.75, 3.05) is 23.4 Å². The number of amides is 1. The van der Waals surface area contributed by atoms with Crippen molar-refractivity contribution < 1.29 is 4.79 Å². The van der Waals surface area contributed by atoms with Gasteiger partial charge < -0.3 is 9.80 Å². The zero-order valence-electron chi connectivity index (χ0n) is 9.70. The summed E-state index contributed by atoms with van der Waals surface area (Å²) in [5.41, 5.74) is 2.10. The minimum absolute atomic E-state index is 0.142. The van der Waals surface area contributed by atoms with Crippen molar-refractivity contribution in [2.45, 2.75) is 19.9 Å². The Morgan fingerprint density at radius 3 is 2.62 bits per heavy atom. The van der Waals surface area contributed by atoms with Crippen LogP contribution in [0.25, 0.3) is 0 Å². The highest BCUT2D eigenvalue weighted by atomic mass is 79.9. The molecule has 86 valence electrons. The first-order valence-corrected chi connectivity index (χ1v) is 6.12. The minimum Gasteiger partial charge on any atom is -0.358 e. The summed E-state index contributed by atoms with van der Waals surface area (Å²) >= 11 is 3.47. The Kier molecular flexibility index (Phi) is 2.93. The van der Waals surface area contributed by atoms with Crippen LogP contribution in [0.5, 0.6) is 0 Å². The maximum Gasteiger partial charge on any atom is 0.246 e. The van der Waals surface area contributed by atoms with E-state index < -0.39 is 0 Å². The van der Waals surface area contributed by atoms with Crippen LogP contribution in [0, 0.1) is 0 Å². The molecule has 1 aromatic carbocycles. The van der Waals surface area contributed by atoms with E-state index in [0.717, 1.165) is 15.8 Å². The molecule has 0 aromatic heterocycles. The van der Waals surface area contributed by atoms with Gasteiger partial charge in [-0.2, -0.15) is 0 Å². The van der Waals surface area contributed by atoms with Crippen molar-refractivity contribution in [3.63, 3.8) is 0 Å². The zero-order valence-corrected chi connectivity index (χ0v) is 11.3. The summed E-state index contributed by atoms with van der Waals surface area (Å²) in [5, 5.41) is 0. The van der Waals surface area contributed by atoms with Gasteiger partial charge in [0, 0.05) is 17.6 Å². The Hall–Kier alpha value is -1.03. The van der Waals surface area contributed by atoms with Gasteiger partial charge in [0.25, 0.3) is 0 Å². The second-order valence-electron chi connectivity index (χ2n) is 4.31. The van der Waals surface area contributed by atoms with Gasteiger partial charge in [0.05, 0.1) is 17.9 Å². The molecular weight excluding hydrogens is 268 g/mol. The monoisotopic (exact) mass is 282 g/mol. The smallest absolute Gasteiger partial charge is 0.246 e. The van der Waals surface area contributed by atoms with Gasteiger partial charge in [-0.3, -0.25) is 4.79 Å². The third-order valence-corrected chi connectivity index (χ3v) is 3.40. The predicted molar refractivity (Wildman–Crippen MR) is 70.0 cm³/mol. The van der Waals surface area contributed by atoms with Gasteiger partial charge in [-0.05, 0) is 32.0 Å². The molecule has 0 saturated carbocycles. The lowest BCUT2D eigenvalue weighted by molar-refractivity contribution is -0.117. The van der Waals surface area contributed by atoms with Crippen LogP contribution in [-0.2, 0) is 4.79 Å². The highest BCUT2D eigenvalue weighted by molar-refractivity contribution is 9.10. The molecule has 0 unspecified atom stereocenters. The Bertz CT molecular complexity index is 431. The number of rotatable bonds is 1. The number of benzene rings is 1. The summed E-state index contributed by atoms with van der Waals surface area (Å²) in [4.78, 5) is 15.7. The highest BCUT2D eigenvalue weighted by Gasteiger charge is 2.27. The molecule has 0 atom stereocenters. The molecule has 0 aliphatic carbocycles. The quantitative estimate of drug-likeness (QED) is 0.791. The van der Waals surface area contributed by atoms with E-state index in [1.807, 2.05) is 19.2 Å². The maximum absolute atomic E-state index is 11.8. The summed E-state index contributed by atoms with van der Waals surface area (Å²) in [6.45, 7) is 4.66. The molecule has 4 heteroatoms. The van der Waals surface area contributed by atoms with Crippen LogP contribution in [0.4, 0.5) is 11.4 Å². The first-order chi connectivity index (χ1) is 7.50. The molecule has 1 heterocycles. The Morgan fingerprint density at radius 1 is 1.31 bits per heavy atom. The van der Waals surface area contributed by atoms with Crippen molar-refractivity contribution in [1.29, 1.82) is 0 Å². The molecule has 1 aromatic rings. The van der Waals surface area contributed by atoms with Crippen LogP contribution in [0.3, 0.4) is 0 Å². The molecule has 1 aliphatic heterocycles. The van der Waals surface area contributed by atoms with Crippen LogP contribution in [0.15, 0.2) is 22.7 Å². The fourth-order valence-corrected chi connectivity index (χ4v) is 2.29. The van der Waals surface area contributed by atoms with Crippen molar-refractivity contribution in [3.05, 3.63) is 22.7 Å². The number of halogens is 1. The fraction of sp³-hybridized carbons (Fsp3) is 0.417. The Labute approximate surface area is 104 Å². The van der Waals surface area contributed by atoms with Gasteiger partial charge >= 0.3 is 0 Å². The summed E-state index contributed by atoms with van der Waals surface area (Å²) in [6, 6.07) is 6.34. The van der Waals surface area contributed by atoms with Gasteiger partial charge in [-0.1, -0.05) is 15.9 Å². The summed E-state index contributed by atoms with van der Waals surface area (Å²) in [6.07, 6.45) is 0. The molecule has 2 rings (SSSR count). The van der Waals surface area contributed by atoms with Crippen LogP contribution in [0.2, 0.25) is 0 Å². The Balaban J connectivity index is 2.54. The van der Waals surface area contributed by atoms with Crippen molar-refractivity contribution >= 4 is 33.2 Å². The molecule has 0 bridgehead atoms. The summed E-state index contributed by atoms with van der Waals surface area (Å²) < 4.78 is 1.04. The third-order valence-electron chi connectivity index (χ3n) is 2.91. The molecular formula is C12H15BrN2O. The number of carbonyl (C=O) groups excluding carboxylic acids is 1. The molecule has 0 fully saturated rings. The zero-order chi connectivity index (χ0) is 11.9. The fourth-order valence-electron chi connectivity index (χ4n) is 1.94. The van der Waals surface area contributed by atoms with Crippen molar-refractivity contribution in [2.24, 2.45) is 0 Å². The molecule has 0 saturated heterocycles. The average Bonchev–Trinajstić information content (AvgIpc) is 2.22. The molecule has 1 aliphatic rings. The normalized spacial score (nSPS) is 15.7. The van der Waals surface area contributed by atoms with Gasteiger partial charge in [0.2, 0.25) is 5.91 Å². The average molecular weight is 283 g/mol. The number of fused-ring (bicyclic) bond motifs is 1. The molecule has 0 radical (unpaired) electrons. The molecule has 0 spiro atoms. The van der Waals surface area contributed by atoms with Crippen LogP contribution in [0.1, 0.15) is 13.8 Å². The van der Waals surface area contributed by atoms with Crippen LogP contribution < -0.4 is 9.80 Å². The lowest BCUT2D eigenvalue weighted by Crippen LogP contribution is -2.46. The third kappa shape index (κ3) is 1.82. The van der Waals surface area contributed by atoms with E-state index in [-0.39, 0.29) is 5.91 Å². The van der Waals surface area contributed by atoms with E-state index in [4.69, 9.17) is 0 Å². The van der Waals surface area contributed by atoms with Gasteiger partial charge in [-0.25, -0.2) is 0 Å². The number of carbonyl (C=O) groups is 1. The molecule has 3 nitrogen and oxygen atoms in total. The summed E-state index contributed by atoms with van der Waals surface area (Å²) in [7, 11) is 1.83. The second-order valence-corrected chi connectivity index (χ2v) is 5.22. The lowest BCUT2D eigenvalue weighted by Gasteiger charge is -2.38. The standard InChI is InChI=1S/C12H15BrN2O/c1-8(2)15-7-12(16)14(3)10-5-4-9(13)6-11(10)15/h4-6,8H,7H2,1-3H3. The number of hydrogen-bond donors (Lipinski definition) is 0. The SMILES string of the molecule is CC(C)N1CC(=O)N(C)c2ccc(Br)cc21. The first-order valence-electron chi connectivity index (χ1n) is 5.33. The lowest BCUT2D eigenvalue weighted by atomic mass is 10.1. The first kappa shape index (κ1) is 11.5. The topological polar surface area (TPSA) is 23.6 Å². The molecule has 0 N–H and O–H groups in total.